The lowest BCUT2D eigenvalue weighted by Crippen LogP contribution is -2.48. The Morgan fingerprint density at radius 2 is 1.82 bits per heavy atom. The highest BCUT2D eigenvalue weighted by Crippen LogP contribution is 2.35. The van der Waals surface area contributed by atoms with Crippen LogP contribution in [0.3, 0.4) is 0 Å². The van der Waals surface area contributed by atoms with Gasteiger partial charge in [-0.15, -0.1) is 0 Å². The molecule has 1 aliphatic heterocycles. The van der Waals surface area contributed by atoms with Crippen LogP contribution < -0.4 is 11.3 Å². The first-order valence-electron chi connectivity index (χ1n) is 5.30. The number of hydrogen-bond acceptors (Lipinski definition) is 4. The minimum absolute atomic E-state index is 0.125. The molecule has 0 unspecified atom stereocenters. The van der Waals surface area contributed by atoms with E-state index in [9.17, 15) is 15.0 Å². The van der Waals surface area contributed by atoms with E-state index in [-0.39, 0.29) is 24.0 Å². The molecule has 5 N–H and O–H groups in total. The highest BCUT2D eigenvalue weighted by atomic mass is 16.3. The second kappa shape index (κ2) is 3.90. The minimum atomic E-state index is -0.228. The number of amides is 1. The Kier molecular flexibility index (Phi) is 2.68. The third-order valence-corrected chi connectivity index (χ3v) is 3.09. The standard InChI is InChI=1S/C11H15N3O3/c1-14(6-11(17)13-12)4-7-2-9(15)10(16)3-8(7)5-14/h2-3H,4-6,12H2,1H3,(H2-,13,15,16,17)/p+1. The van der Waals surface area contributed by atoms with Gasteiger partial charge >= 0.3 is 0 Å². The first kappa shape index (κ1) is 11.7. The van der Waals surface area contributed by atoms with Crippen molar-refractivity contribution in [3.8, 4) is 11.5 Å². The Morgan fingerprint density at radius 3 is 2.24 bits per heavy atom. The summed E-state index contributed by atoms with van der Waals surface area (Å²) in [6.07, 6.45) is 0. The van der Waals surface area contributed by atoms with Gasteiger partial charge in [-0.1, -0.05) is 0 Å². The van der Waals surface area contributed by atoms with Crippen molar-refractivity contribution in [1.82, 2.24) is 5.43 Å². The Hall–Kier alpha value is -1.79. The lowest BCUT2D eigenvalue weighted by molar-refractivity contribution is -0.921. The molecule has 1 aromatic carbocycles. The van der Waals surface area contributed by atoms with Crippen molar-refractivity contribution in [3.05, 3.63) is 23.3 Å². The van der Waals surface area contributed by atoms with Crippen molar-refractivity contribution in [2.75, 3.05) is 13.6 Å². The quantitative estimate of drug-likeness (QED) is 0.184. The highest BCUT2D eigenvalue weighted by molar-refractivity contribution is 5.76. The zero-order chi connectivity index (χ0) is 12.6. The maximum Gasteiger partial charge on any atom is 0.289 e. The first-order chi connectivity index (χ1) is 7.93. The minimum Gasteiger partial charge on any atom is -0.504 e. The summed E-state index contributed by atoms with van der Waals surface area (Å²) in [5, 5.41) is 18.9. The predicted octanol–water partition coefficient (Wildman–Crippen LogP) is -0.452. The van der Waals surface area contributed by atoms with E-state index in [1.165, 1.54) is 0 Å². The molecule has 0 atom stereocenters. The number of likely N-dealkylation sites (N-methyl/N-ethyl adjacent to an activating group) is 1. The summed E-state index contributed by atoms with van der Waals surface area (Å²) in [6.45, 7) is 1.54. The molecule has 0 bridgehead atoms. The smallest absolute Gasteiger partial charge is 0.289 e. The number of nitrogens with zero attached hydrogens (tertiary/aromatic N) is 1. The fourth-order valence-electron chi connectivity index (χ4n) is 2.34. The maximum absolute atomic E-state index is 11.3. The number of carbonyl (C=O) groups is 1. The molecule has 1 amide bonds. The molecule has 6 nitrogen and oxygen atoms in total. The molecular formula is C11H16N3O3+. The van der Waals surface area contributed by atoms with Crippen molar-refractivity contribution in [2.45, 2.75) is 13.1 Å². The molecule has 0 saturated heterocycles. The van der Waals surface area contributed by atoms with Gasteiger partial charge in [0.15, 0.2) is 18.0 Å². The van der Waals surface area contributed by atoms with Gasteiger partial charge in [0.1, 0.15) is 13.1 Å². The van der Waals surface area contributed by atoms with Gasteiger partial charge in [0.2, 0.25) is 0 Å². The average Bonchev–Trinajstić information content (AvgIpc) is 2.54. The molecule has 1 aliphatic rings. The van der Waals surface area contributed by atoms with Gasteiger partial charge < -0.3 is 14.7 Å². The van der Waals surface area contributed by atoms with Crippen LogP contribution >= 0.6 is 0 Å². The van der Waals surface area contributed by atoms with E-state index in [4.69, 9.17) is 5.84 Å². The van der Waals surface area contributed by atoms with Gasteiger partial charge in [0.25, 0.3) is 5.91 Å². The number of phenols is 2. The molecule has 0 spiro atoms. The van der Waals surface area contributed by atoms with E-state index in [1.54, 1.807) is 12.1 Å². The fourth-order valence-corrected chi connectivity index (χ4v) is 2.34. The summed E-state index contributed by atoms with van der Waals surface area (Å²) in [7, 11) is 1.93. The van der Waals surface area contributed by atoms with Crippen LogP contribution in [0.1, 0.15) is 11.1 Å². The second-order valence-electron chi connectivity index (χ2n) is 4.77. The van der Waals surface area contributed by atoms with E-state index < -0.39 is 0 Å². The summed E-state index contributed by atoms with van der Waals surface area (Å²) in [4.78, 5) is 11.3. The van der Waals surface area contributed by atoms with Crippen LogP contribution in [-0.2, 0) is 17.9 Å². The van der Waals surface area contributed by atoms with Gasteiger partial charge in [-0.2, -0.15) is 0 Å². The molecule has 0 saturated carbocycles. The number of hydrazine groups is 1. The third-order valence-electron chi connectivity index (χ3n) is 3.09. The summed E-state index contributed by atoms with van der Waals surface area (Å²) in [6, 6.07) is 3.10. The molecule has 1 heterocycles. The zero-order valence-electron chi connectivity index (χ0n) is 9.60. The van der Waals surface area contributed by atoms with Crippen LogP contribution in [0.15, 0.2) is 12.1 Å². The van der Waals surface area contributed by atoms with Crippen LogP contribution in [0.2, 0.25) is 0 Å². The lowest BCUT2D eigenvalue weighted by Gasteiger charge is -2.27. The van der Waals surface area contributed by atoms with Crippen molar-refractivity contribution in [1.29, 1.82) is 0 Å². The number of nitrogens with one attached hydrogen (secondary N) is 1. The number of fused-ring (bicyclic) bond motifs is 1. The summed E-state index contributed by atoms with van der Waals surface area (Å²) >= 11 is 0. The van der Waals surface area contributed by atoms with Crippen molar-refractivity contribution < 1.29 is 19.5 Å². The number of nitrogens with two attached hydrogens (primary N) is 1. The second-order valence-corrected chi connectivity index (χ2v) is 4.77. The van der Waals surface area contributed by atoms with Gasteiger partial charge in [0, 0.05) is 11.1 Å². The normalized spacial score (nSPS) is 16.6. The monoisotopic (exact) mass is 238 g/mol. The lowest BCUT2D eigenvalue weighted by atomic mass is 10.1. The molecule has 6 heteroatoms. The Labute approximate surface area is 98.8 Å². The highest BCUT2D eigenvalue weighted by Gasteiger charge is 2.34. The number of carbonyl (C=O) groups excluding carboxylic acids is 1. The van der Waals surface area contributed by atoms with Gasteiger partial charge in [-0.3, -0.25) is 10.2 Å². The Bertz CT molecular complexity index is 442. The van der Waals surface area contributed by atoms with Crippen LogP contribution in [0, 0.1) is 0 Å². The number of hydrogen-bond donors (Lipinski definition) is 4. The summed E-state index contributed by atoms with van der Waals surface area (Å²) < 4.78 is 0.487. The van der Waals surface area contributed by atoms with Crippen molar-refractivity contribution in [3.63, 3.8) is 0 Å². The van der Waals surface area contributed by atoms with E-state index >= 15 is 0 Å². The Balaban J connectivity index is 2.23. The van der Waals surface area contributed by atoms with E-state index in [0.29, 0.717) is 17.6 Å². The number of phenolic OH excluding ortho intramolecular Hbond substituents is 2. The molecular weight excluding hydrogens is 222 g/mol. The largest absolute Gasteiger partial charge is 0.504 e. The third kappa shape index (κ3) is 2.17. The zero-order valence-corrected chi connectivity index (χ0v) is 9.60. The summed E-state index contributed by atoms with van der Waals surface area (Å²) in [5.74, 6) is 4.60. The average molecular weight is 238 g/mol. The van der Waals surface area contributed by atoms with Gasteiger partial charge in [-0.25, -0.2) is 5.84 Å². The number of quaternary nitrogens is 1. The number of aromatic hydroxyl groups is 2. The molecule has 0 fully saturated rings. The molecule has 17 heavy (non-hydrogen) atoms. The van der Waals surface area contributed by atoms with Crippen LogP contribution in [0.25, 0.3) is 0 Å². The Morgan fingerprint density at radius 1 is 1.35 bits per heavy atom. The summed E-state index contributed by atoms with van der Waals surface area (Å²) in [5.41, 5.74) is 4.02. The van der Waals surface area contributed by atoms with Crippen LogP contribution in [0.5, 0.6) is 11.5 Å². The predicted molar refractivity (Wildman–Crippen MR) is 60.6 cm³/mol. The van der Waals surface area contributed by atoms with Crippen molar-refractivity contribution in [2.24, 2.45) is 5.84 Å². The molecule has 2 rings (SSSR count). The topological polar surface area (TPSA) is 95.6 Å². The molecule has 1 aromatic rings. The van der Waals surface area contributed by atoms with E-state index in [0.717, 1.165) is 11.1 Å². The molecule has 0 radical (unpaired) electrons. The van der Waals surface area contributed by atoms with Crippen LogP contribution in [-0.4, -0.2) is 34.2 Å². The molecule has 0 aliphatic carbocycles. The molecule has 0 aromatic heterocycles. The number of rotatable bonds is 2. The van der Waals surface area contributed by atoms with Gasteiger partial charge in [-0.05, 0) is 12.1 Å². The fraction of sp³-hybridized carbons (Fsp3) is 0.364. The van der Waals surface area contributed by atoms with Crippen molar-refractivity contribution >= 4 is 5.91 Å². The van der Waals surface area contributed by atoms with Crippen LogP contribution in [0.4, 0.5) is 0 Å². The van der Waals surface area contributed by atoms with E-state index in [2.05, 4.69) is 5.43 Å². The number of benzene rings is 1. The van der Waals surface area contributed by atoms with Gasteiger partial charge in [0.05, 0.1) is 7.05 Å². The van der Waals surface area contributed by atoms with E-state index in [1.807, 2.05) is 7.05 Å². The SMILES string of the molecule is C[N+]1(CC(=O)NN)Cc2cc(O)c(O)cc2C1. The maximum atomic E-state index is 11.3. The first-order valence-corrected chi connectivity index (χ1v) is 5.30. The molecule has 92 valence electrons.